The second-order valence-electron chi connectivity index (χ2n) is 6.38. The van der Waals surface area contributed by atoms with Crippen LogP contribution in [0.4, 0.5) is 13.2 Å². The highest BCUT2D eigenvalue weighted by atomic mass is 127. The van der Waals surface area contributed by atoms with Crippen molar-refractivity contribution in [1.82, 2.24) is 5.43 Å². The number of rotatable bonds is 6. The molecule has 0 unspecified atom stereocenters. The molecule has 31 heavy (non-hydrogen) atoms. The lowest BCUT2D eigenvalue weighted by atomic mass is 10.1. The molecule has 0 spiro atoms. The van der Waals surface area contributed by atoms with Crippen molar-refractivity contribution in [2.24, 2.45) is 5.10 Å². The third-order valence-corrected chi connectivity index (χ3v) is 5.66. The number of halogens is 5. The molecule has 3 rings (SSSR count). The van der Waals surface area contributed by atoms with E-state index in [0.717, 1.165) is 24.8 Å². The summed E-state index contributed by atoms with van der Waals surface area (Å²) in [6.07, 6.45) is -3.10. The first kappa shape index (κ1) is 23.5. The highest BCUT2D eigenvalue weighted by Crippen LogP contribution is 2.29. The van der Waals surface area contributed by atoms with E-state index < -0.39 is 17.6 Å². The van der Waals surface area contributed by atoms with Gasteiger partial charge in [0, 0.05) is 9.13 Å². The van der Waals surface area contributed by atoms with Crippen molar-refractivity contribution in [3.8, 4) is 5.75 Å². The molecule has 0 aliphatic carbocycles. The molecular weight excluding hydrogens is 635 g/mol. The fourth-order valence-electron chi connectivity index (χ4n) is 2.52. The van der Waals surface area contributed by atoms with E-state index in [1.54, 1.807) is 12.1 Å². The molecule has 1 N–H and O–H groups in total. The summed E-state index contributed by atoms with van der Waals surface area (Å²) in [6, 6.07) is 17.6. The molecular formula is C22H15F3I2N2O2. The van der Waals surface area contributed by atoms with Crippen molar-refractivity contribution in [2.45, 2.75) is 12.8 Å². The predicted molar refractivity (Wildman–Crippen MR) is 129 cm³/mol. The van der Waals surface area contributed by atoms with E-state index in [-0.39, 0.29) is 5.56 Å². The van der Waals surface area contributed by atoms with Crippen molar-refractivity contribution < 1.29 is 22.7 Å². The molecule has 3 aromatic rings. The number of hydrogen-bond acceptors (Lipinski definition) is 3. The van der Waals surface area contributed by atoms with Gasteiger partial charge in [0.1, 0.15) is 12.4 Å². The van der Waals surface area contributed by atoms with Gasteiger partial charge in [-0.3, -0.25) is 4.79 Å². The van der Waals surface area contributed by atoms with Crippen LogP contribution in [0.15, 0.2) is 71.8 Å². The van der Waals surface area contributed by atoms with Gasteiger partial charge < -0.3 is 4.74 Å². The number of amides is 1. The van der Waals surface area contributed by atoms with Crippen LogP contribution in [-0.2, 0) is 12.8 Å². The zero-order valence-corrected chi connectivity index (χ0v) is 20.1. The topological polar surface area (TPSA) is 50.7 Å². The van der Waals surface area contributed by atoms with Crippen molar-refractivity contribution in [3.63, 3.8) is 0 Å². The minimum Gasteiger partial charge on any atom is -0.488 e. The molecule has 0 fully saturated rings. The number of carbonyl (C=O) groups excluding carboxylic acids is 1. The van der Waals surface area contributed by atoms with Crippen molar-refractivity contribution >= 4 is 57.3 Å². The van der Waals surface area contributed by atoms with E-state index in [1.165, 1.54) is 18.3 Å². The highest BCUT2D eigenvalue weighted by Gasteiger charge is 2.30. The fourth-order valence-corrected chi connectivity index (χ4v) is 3.58. The number of nitrogens with one attached hydrogen (secondary N) is 1. The summed E-state index contributed by atoms with van der Waals surface area (Å²) in [4.78, 5) is 12.1. The van der Waals surface area contributed by atoms with Crippen LogP contribution in [0.25, 0.3) is 0 Å². The quantitative estimate of drug-likeness (QED) is 0.195. The highest BCUT2D eigenvalue weighted by molar-refractivity contribution is 14.1. The van der Waals surface area contributed by atoms with E-state index in [4.69, 9.17) is 4.74 Å². The minimum absolute atomic E-state index is 0.124. The van der Waals surface area contributed by atoms with Gasteiger partial charge >= 0.3 is 6.18 Å². The number of hydrogen-bond donors (Lipinski definition) is 1. The van der Waals surface area contributed by atoms with E-state index >= 15 is 0 Å². The maximum Gasteiger partial charge on any atom is 0.416 e. The zero-order chi connectivity index (χ0) is 22.4. The van der Waals surface area contributed by atoms with Gasteiger partial charge in [-0.15, -0.1) is 0 Å². The van der Waals surface area contributed by atoms with Crippen molar-refractivity contribution in [3.05, 3.63) is 96.1 Å². The number of carbonyl (C=O) groups is 1. The van der Waals surface area contributed by atoms with E-state index in [0.29, 0.717) is 17.9 Å². The van der Waals surface area contributed by atoms with Crippen LogP contribution in [-0.4, -0.2) is 12.1 Å². The molecule has 0 saturated heterocycles. The van der Waals surface area contributed by atoms with Crippen molar-refractivity contribution in [2.75, 3.05) is 0 Å². The number of alkyl halides is 3. The molecule has 0 heterocycles. The van der Waals surface area contributed by atoms with Gasteiger partial charge in [0.15, 0.2) is 0 Å². The Kier molecular flexibility index (Phi) is 7.92. The molecule has 4 nitrogen and oxygen atoms in total. The summed E-state index contributed by atoms with van der Waals surface area (Å²) >= 11 is 4.38. The van der Waals surface area contributed by atoms with Crippen LogP contribution < -0.4 is 10.2 Å². The van der Waals surface area contributed by atoms with Crippen LogP contribution in [0.2, 0.25) is 0 Å². The van der Waals surface area contributed by atoms with Gasteiger partial charge in [0.05, 0.1) is 15.3 Å². The molecule has 1 amide bonds. The Morgan fingerprint density at radius 1 is 1.03 bits per heavy atom. The number of benzene rings is 3. The Bertz CT molecular complexity index is 1100. The van der Waals surface area contributed by atoms with E-state index in [9.17, 15) is 18.0 Å². The first-order valence-electron chi connectivity index (χ1n) is 8.90. The lowest BCUT2D eigenvalue weighted by molar-refractivity contribution is -0.137. The summed E-state index contributed by atoms with van der Waals surface area (Å²) in [5, 5.41) is 3.83. The van der Waals surface area contributed by atoms with E-state index in [2.05, 4.69) is 55.7 Å². The molecule has 0 aliphatic rings. The summed E-state index contributed by atoms with van der Waals surface area (Å²) in [5.41, 5.74) is 2.99. The molecule has 160 valence electrons. The molecule has 3 aromatic carbocycles. The first-order chi connectivity index (χ1) is 14.7. The maximum absolute atomic E-state index is 12.8. The Morgan fingerprint density at radius 2 is 1.77 bits per heavy atom. The summed E-state index contributed by atoms with van der Waals surface area (Å²) < 4.78 is 46.2. The second kappa shape index (κ2) is 10.4. The molecule has 0 atom stereocenters. The zero-order valence-electron chi connectivity index (χ0n) is 15.8. The Morgan fingerprint density at radius 3 is 2.45 bits per heavy atom. The van der Waals surface area contributed by atoms with Gasteiger partial charge in [0.25, 0.3) is 5.91 Å². The minimum atomic E-state index is -4.51. The van der Waals surface area contributed by atoms with Gasteiger partial charge in [0.2, 0.25) is 0 Å². The molecule has 0 bridgehead atoms. The Balaban J connectivity index is 1.59. The third-order valence-electron chi connectivity index (χ3n) is 4.10. The molecule has 0 aromatic heterocycles. The van der Waals surface area contributed by atoms with Gasteiger partial charge in [-0.05, 0) is 105 Å². The normalized spacial score (nSPS) is 11.5. The predicted octanol–water partition coefficient (Wildman–Crippen LogP) is 6.26. The molecule has 0 aliphatic heterocycles. The summed E-state index contributed by atoms with van der Waals surface area (Å²) in [7, 11) is 0. The number of nitrogens with zero attached hydrogens (tertiary/aromatic N) is 1. The smallest absolute Gasteiger partial charge is 0.416 e. The lowest BCUT2D eigenvalue weighted by Crippen LogP contribution is -2.18. The van der Waals surface area contributed by atoms with Crippen LogP contribution in [0.5, 0.6) is 5.75 Å². The van der Waals surface area contributed by atoms with Crippen LogP contribution >= 0.6 is 45.2 Å². The molecule has 9 heteroatoms. The maximum atomic E-state index is 12.8. The van der Waals surface area contributed by atoms with Crippen LogP contribution in [0, 0.1) is 7.14 Å². The summed E-state index contributed by atoms with van der Waals surface area (Å²) in [5.74, 6) is -0.0150. The van der Waals surface area contributed by atoms with Crippen LogP contribution in [0.1, 0.15) is 27.0 Å². The number of ether oxygens (including phenoxy) is 1. The average molecular weight is 650 g/mol. The fraction of sp³-hybridized carbons (Fsp3) is 0.0909. The monoisotopic (exact) mass is 650 g/mol. The first-order valence-corrected chi connectivity index (χ1v) is 11.1. The van der Waals surface area contributed by atoms with Gasteiger partial charge in [-0.25, -0.2) is 5.43 Å². The second-order valence-corrected chi connectivity index (χ2v) is 8.79. The Hall–Kier alpha value is -2.15. The third kappa shape index (κ3) is 6.92. The standard InChI is InChI=1S/C22H15F3I2N2O2/c23-22(24,25)17-3-1-2-16(11-17)21(30)29-28-12-15-6-9-20(19(27)10-15)31-13-14-4-7-18(26)8-5-14/h1-12H,13H2,(H,29,30)/b28-12-. The number of hydrazone groups is 1. The van der Waals surface area contributed by atoms with Gasteiger partial charge in [-0.1, -0.05) is 18.2 Å². The Labute approximate surface area is 204 Å². The van der Waals surface area contributed by atoms with E-state index in [1.807, 2.05) is 30.3 Å². The van der Waals surface area contributed by atoms with Crippen LogP contribution in [0.3, 0.4) is 0 Å². The SMILES string of the molecule is O=C(N/N=C\c1ccc(OCc2ccc(I)cc2)c(I)c1)c1cccc(C(F)(F)F)c1. The van der Waals surface area contributed by atoms with Crippen molar-refractivity contribution in [1.29, 1.82) is 0 Å². The molecule has 0 saturated carbocycles. The average Bonchev–Trinajstić information content (AvgIpc) is 2.74. The summed E-state index contributed by atoms with van der Waals surface area (Å²) in [6.45, 7) is 0.438. The lowest BCUT2D eigenvalue weighted by Gasteiger charge is -2.09. The largest absolute Gasteiger partial charge is 0.488 e. The molecule has 0 radical (unpaired) electrons. The van der Waals surface area contributed by atoms with Gasteiger partial charge in [-0.2, -0.15) is 18.3 Å².